The molecule has 2 aromatic carbocycles. The molecule has 0 saturated carbocycles. The summed E-state index contributed by atoms with van der Waals surface area (Å²) < 4.78 is 19.8. The van der Waals surface area contributed by atoms with Crippen LogP contribution >= 0.6 is 0 Å². The zero-order valence-electron chi connectivity index (χ0n) is 15.6. The predicted octanol–water partition coefficient (Wildman–Crippen LogP) is 3.05. The minimum atomic E-state index is -0.748. The van der Waals surface area contributed by atoms with Gasteiger partial charge in [-0.05, 0) is 36.2 Å². The molecule has 28 heavy (non-hydrogen) atoms. The van der Waals surface area contributed by atoms with E-state index in [1.165, 1.54) is 12.1 Å². The van der Waals surface area contributed by atoms with Crippen LogP contribution in [0, 0.1) is 12.7 Å². The van der Waals surface area contributed by atoms with E-state index in [1.54, 1.807) is 17.9 Å². The molecule has 6 heteroatoms. The molecule has 2 aromatic rings. The van der Waals surface area contributed by atoms with Crippen LogP contribution in [-0.4, -0.2) is 46.5 Å². The highest BCUT2D eigenvalue weighted by atomic mass is 19.1. The van der Waals surface area contributed by atoms with E-state index in [9.17, 15) is 14.0 Å². The van der Waals surface area contributed by atoms with Gasteiger partial charge in [-0.2, -0.15) is 0 Å². The maximum absolute atomic E-state index is 13.6. The highest BCUT2D eigenvalue weighted by molar-refractivity contribution is 5.96. The summed E-state index contributed by atoms with van der Waals surface area (Å²) >= 11 is 0. The van der Waals surface area contributed by atoms with Gasteiger partial charge < -0.3 is 14.5 Å². The molecule has 3 fully saturated rings. The minimum Gasteiger partial charge on any atom is -0.351 e. The Morgan fingerprint density at radius 3 is 2.75 bits per heavy atom. The normalized spacial score (nSPS) is 28.6. The molecule has 3 heterocycles. The van der Waals surface area contributed by atoms with Crippen molar-refractivity contribution in [3.05, 3.63) is 71.0 Å². The second-order valence-corrected chi connectivity index (χ2v) is 7.78. The molecule has 0 N–H and O–H groups in total. The van der Waals surface area contributed by atoms with E-state index < -0.39 is 5.72 Å². The fourth-order valence-corrected chi connectivity index (χ4v) is 4.95. The second kappa shape index (κ2) is 6.14. The lowest BCUT2D eigenvalue weighted by Gasteiger charge is -2.33. The lowest BCUT2D eigenvalue weighted by atomic mass is 10.0. The SMILES string of the molecule is Cc1cc(C(=O)N2CC[C@@]34OC[C@@H](c5ccccc5)N3C(=O)C[C@@H]24)ccc1F. The van der Waals surface area contributed by atoms with Crippen molar-refractivity contribution in [2.24, 2.45) is 0 Å². The molecule has 0 bridgehead atoms. The molecule has 0 radical (unpaired) electrons. The highest BCUT2D eigenvalue weighted by Crippen LogP contribution is 2.51. The zero-order valence-corrected chi connectivity index (χ0v) is 15.6. The van der Waals surface area contributed by atoms with Crippen molar-refractivity contribution >= 4 is 11.8 Å². The van der Waals surface area contributed by atoms with Crippen LogP contribution in [0.15, 0.2) is 48.5 Å². The van der Waals surface area contributed by atoms with Gasteiger partial charge in [-0.3, -0.25) is 9.59 Å². The standard InChI is InChI=1S/C22H21FN2O3/c1-14-11-16(7-8-17(14)23)21(27)24-10-9-22-19(24)12-20(26)25(22)18(13-28-22)15-5-3-2-4-6-15/h2-8,11,18-19H,9-10,12-13H2,1H3/t18-,19+,22-/m0/s1. The van der Waals surface area contributed by atoms with Crippen LogP contribution in [0.1, 0.15) is 40.4 Å². The lowest BCUT2D eigenvalue weighted by Crippen LogP contribution is -2.49. The predicted molar refractivity (Wildman–Crippen MR) is 99.9 cm³/mol. The average Bonchev–Trinajstić information content (AvgIpc) is 3.33. The first-order chi connectivity index (χ1) is 13.5. The Kier molecular flexibility index (Phi) is 3.81. The number of rotatable bonds is 2. The maximum Gasteiger partial charge on any atom is 0.254 e. The largest absolute Gasteiger partial charge is 0.351 e. The van der Waals surface area contributed by atoms with Gasteiger partial charge >= 0.3 is 0 Å². The Balaban J connectivity index is 1.46. The van der Waals surface area contributed by atoms with Crippen molar-refractivity contribution in [2.45, 2.75) is 37.6 Å². The molecular formula is C22H21FN2O3. The third-order valence-electron chi connectivity index (χ3n) is 6.31. The molecule has 3 aliphatic heterocycles. The lowest BCUT2D eigenvalue weighted by molar-refractivity contribution is -0.138. The van der Waals surface area contributed by atoms with Gasteiger partial charge in [-0.25, -0.2) is 4.39 Å². The van der Waals surface area contributed by atoms with Gasteiger partial charge in [0, 0.05) is 18.5 Å². The van der Waals surface area contributed by atoms with Gasteiger partial charge in [0.2, 0.25) is 5.91 Å². The third kappa shape index (κ3) is 2.34. The third-order valence-corrected chi connectivity index (χ3v) is 6.31. The highest BCUT2D eigenvalue weighted by Gasteiger charge is 2.65. The molecule has 1 spiro atoms. The average molecular weight is 380 g/mol. The number of carbonyl (C=O) groups excluding carboxylic acids is 2. The number of likely N-dealkylation sites (tertiary alicyclic amines) is 1. The van der Waals surface area contributed by atoms with Crippen LogP contribution in [0.25, 0.3) is 0 Å². The van der Waals surface area contributed by atoms with Crippen molar-refractivity contribution in [1.29, 1.82) is 0 Å². The summed E-state index contributed by atoms with van der Waals surface area (Å²) in [6.45, 7) is 2.60. The molecule has 5 rings (SSSR count). The first kappa shape index (κ1) is 17.4. The number of aryl methyl sites for hydroxylation is 1. The van der Waals surface area contributed by atoms with Crippen molar-refractivity contribution in [3.63, 3.8) is 0 Å². The van der Waals surface area contributed by atoms with Crippen LogP contribution in [0.5, 0.6) is 0 Å². The van der Waals surface area contributed by atoms with Crippen LogP contribution in [-0.2, 0) is 9.53 Å². The van der Waals surface area contributed by atoms with Gasteiger partial charge in [0.1, 0.15) is 5.82 Å². The molecule has 3 aliphatic rings. The summed E-state index contributed by atoms with van der Waals surface area (Å²) in [4.78, 5) is 29.6. The molecule has 0 aromatic heterocycles. The van der Waals surface area contributed by atoms with E-state index in [1.807, 2.05) is 35.2 Å². The Bertz CT molecular complexity index is 964. The number of halogens is 1. The van der Waals surface area contributed by atoms with Crippen LogP contribution in [0.3, 0.4) is 0 Å². The van der Waals surface area contributed by atoms with E-state index >= 15 is 0 Å². The van der Waals surface area contributed by atoms with Crippen molar-refractivity contribution in [3.8, 4) is 0 Å². The summed E-state index contributed by atoms with van der Waals surface area (Å²) in [6, 6.07) is 13.8. The van der Waals surface area contributed by atoms with E-state index in [0.717, 1.165) is 5.56 Å². The van der Waals surface area contributed by atoms with Crippen LogP contribution in [0.2, 0.25) is 0 Å². The molecule has 3 atom stereocenters. The first-order valence-electron chi connectivity index (χ1n) is 9.59. The minimum absolute atomic E-state index is 0.0177. The Labute approximate surface area is 162 Å². The second-order valence-electron chi connectivity index (χ2n) is 7.78. The number of hydrogen-bond acceptors (Lipinski definition) is 3. The molecule has 3 saturated heterocycles. The fourth-order valence-electron chi connectivity index (χ4n) is 4.95. The van der Waals surface area contributed by atoms with Gasteiger partial charge in [0.25, 0.3) is 5.91 Å². The van der Waals surface area contributed by atoms with Gasteiger partial charge in [0.15, 0.2) is 5.72 Å². The molecule has 0 aliphatic carbocycles. The smallest absolute Gasteiger partial charge is 0.254 e. The number of ether oxygens (including phenoxy) is 1. The van der Waals surface area contributed by atoms with Gasteiger partial charge in [-0.1, -0.05) is 30.3 Å². The summed E-state index contributed by atoms with van der Waals surface area (Å²) in [6.07, 6.45) is 0.855. The molecule has 144 valence electrons. The van der Waals surface area contributed by atoms with Crippen molar-refractivity contribution in [2.75, 3.05) is 13.2 Å². The van der Waals surface area contributed by atoms with E-state index in [-0.39, 0.29) is 36.1 Å². The van der Waals surface area contributed by atoms with E-state index in [4.69, 9.17) is 4.74 Å². The number of nitrogens with zero attached hydrogens (tertiary/aromatic N) is 2. The Morgan fingerprint density at radius 2 is 2.00 bits per heavy atom. The van der Waals surface area contributed by atoms with Crippen LogP contribution in [0.4, 0.5) is 4.39 Å². The van der Waals surface area contributed by atoms with Crippen molar-refractivity contribution in [1.82, 2.24) is 9.80 Å². The number of benzene rings is 2. The molecular weight excluding hydrogens is 359 g/mol. The van der Waals surface area contributed by atoms with E-state index in [0.29, 0.717) is 30.7 Å². The molecule has 5 nitrogen and oxygen atoms in total. The summed E-state index contributed by atoms with van der Waals surface area (Å²) in [5, 5.41) is 0. The number of hydrogen-bond donors (Lipinski definition) is 0. The summed E-state index contributed by atoms with van der Waals surface area (Å²) in [5.74, 6) is -0.489. The first-order valence-corrected chi connectivity index (χ1v) is 9.59. The van der Waals surface area contributed by atoms with Crippen LogP contribution < -0.4 is 0 Å². The number of amides is 2. The quantitative estimate of drug-likeness (QED) is 0.805. The monoisotopic (exact) mass is 380 g/mol. The summed E-state index contributed by atoms with van der Waals surface area (Å²) in [5.41, 5.74) is 1.18. The summed E-state index contributed by atoms with van der Waals surface area (Å²) in [7, 11) is 0. The topological polar surface area (TPSA) is 49.9 Å². The van der Waals surface area contributed by atoms with Gasteiger partial charge in [0.05, 0.1) is 25.1 Å². The molecule has 0 unspecified atom stereocenters. The van der Waals surface area contributed by atoms with Crippen molar-refractivity contribution < 1.29 is 18.7 Å². The Hall–Kier alpha value is -2.73. The Morgan fingerprint density at radius 1 is 1.21 bits per heavy atom. The molecule has 2 amide bonds. The fraction of sp³-hybridized carbons (Fsp3) is 0.364. The van der Waals surface area contributed by atoms with Gasteiger partial charge in [-0.15, -0.1) is 0 Å². The zero-order chi connectivity index (χ0) is 19.5. The van der Waals surface area contributed by atoms with E-state index in [2.05, 4.69) is 0 Å². The number of carbonyl (C=O) groups is 2. The maximum atomic E-state index is 13.6.